The van der Waals surface area contributed by atoms with Gasteiger partial charge in [-0.15, -0.1) is 0 Å². The average Bonchev–Trinajstić information content (AvgIpc) is 2.73. The van der Waals surface area contributed by atoms with E-state index in [-0.39, 0.29) is 16.4 Å². The highest BCUT2D eigenvalue weighted by Crippen LogP contribution is 2.28. The first kappa shape index (κ1) is 12.4. The Morgan fingerprint density at radius 2 is 2.06 bits per heavy atom. The quantitative estimate of drug-likeness (QED) is 0.820. The predicted octanol–water partition coefficient (Wildman–Crippen LogP) is 1.45. The molecule has 0 bridgehead atoms. The molecule has 0 aromatic heterocycles. The van der Waals surface area contributed by atoms with Gasteiger partial charge >= 0.3 is 0 Å². The molecular weight excluding hydrogens is 248 g/mol. The number of benzene rings is 1. The summed E-state index contributed by atoms with van der Waals surface area (Å²) in [4.78, 5) is -0.168. The molecule has 1 aliphatic heterocycles. The first-order valence-corrected chi connectivity index (χ1v) is 7.18. The third-order valence-corrected chi connectivity index (χ3v) is 4.05. The molecule has 3 nitrogen and oxygen atoms in total. The summed E-state index contributed by atoms with van der Waals surface area (Å²) in [5, 5.41) is 3.04. The average molecular weight is 261 g/mol. The molecule has 1 heterocycles. The van der Waals surface area contributed by atoms with E-state index in [2.05, 4.69) is 5.32 Å². The van der Waals surface area contributed by atoms with E-state index in [1.54, 1.807) is 0 Å². The topological polar surface area (TPSA) is 46.2 Å². The van der Waals surface area contributed by atoms with Gasteiger partial charge in [-0.1, -0.05) is 0 Å². The minimum Gasteiger partial charge on any atom is -0.316 e. The number of nitrogens with one attached hydrogen (secondary N) is 1. The van der Waals surface area contributed by atoms with Gasteiger partial charge in [-0.2, -0.15) is 0 Å². The molecule has 1 saturated heterocycles. The Morgan fingerprint density at radius 3 is 2.59 bits per heavy atom. The van der Waals surface area contributed by atoms with Crippen molar-refractivity contribution in [2.45, 2.75) is 17.2 Å². The van der Waals surface area contributed by atoms with Crippen molar-refractivity contribution in [3.05, 3.63) is 29.3 Å². The fourth-order valence-corrected chi connectivity index (χ4v) is 2.67. The van der Waals surface area contributed by atoms with E-state index in [1.807, 2.05) is 0 Å². The lowest BCUT2D eigenvalue weighted by Gasteiger charge is -2.12. The second-order valence-corrected chi connectivity index (χ2v) is 6.29. The van der Waals surface area contributed by atoms with Crippen LogP contribution in [0.1, 0.15) is 17.9 Å². The van der Waals surface area contributed by atoms with Crippen LogP contribution in [0.5, 0.6) is 0 Å². The van der Waals surface area contributed by atoms with Gasteiger partial charge in [0, 0.05) is 18.7 Å². The Bertz CT molecular complexity index is 537. The number of rotatable bonds is 2. The minimum absolute atomic E-state index is 0.149. The van der Waals surface area contributed by atoms with E-state index in [4.69, 9.17) is 0 Å². The Hall–Kier alpha value is -1.01. The van der Waals surface area contributed by atoms with Gasteiger partial charge in [0.2, 0.25) is 0 Å². The van der Waals surface area contributed by atoms with Crippen LogP contribution in [0.3, 0.4) is 0 Å². The molecule has 0 radical (unpaired) electrons. The number of halogens is 2. The minimum atomic E-state index is -3.52. The lowest BCUT2D eigenvalue weighted by molar-refractivity contribution is 0.486. The van der Waals surface area contributed by atoms with E-state index in [9.17, 15) is 17.2 Å². The summed E-state index contributed by atoms with van der Waals surface area (Å²) < 4.78 is 49.7. The van der Waals surface area contributed by atoms with Crippen LogP contribution in [0.25, 0.3) is 0 Å². The van der Waals surface area contributed by atoms with Crippen LogP contribution in [0.4, 0.5) is 8.78 Å². The molecule has 1 aromatic carbocycles. The molecule has 1 fully saturated rings. The molecule has 0 spiro atoms. The standard InChI is InChI=1S/C11H13F2NO2S/c1-17(15,16)8-4-9(7-2-3-14-6-7)11(13)10(12)5-8/h4-5,7,14H,2-3,6H2,1H3. The Balaban J connectivity index is 2.54. The second kappa shape index (κ2) is 4.34. The summed E-state index contributed by atoms with van der Waals surface area (Å²) in [6.45, 7) is 1.28. The summed E-state index contributed by atoms with van der Waals surface area (Å²) in [7, 11) is -3.52. The number of hydrogen-bond acceptors (Lipinski definition) is 3. The van der Waals surface area contributed by atoms with Gasteiger partial charge in [-0.05, 0) is 30.7 Å². The van der Waals surface area contributed by atoms with Crippen LogP contribution in [0, 0.1) is 11.6 Å². The van der Waals surface area contributed by atoms with E-state index in [1.165, 1.54) is 6.07 Å². The molecule has 17 heavy (non-hydrogen) atoms. The van der Waals surface area contributed by atoms with Gasteiger partial charge in [0.15, 0.2) is 21.5 Å². The van der Waals surface area contributed by atoms with Crippen molar-refractivity contribution in [1.29, 1.82) is 0 Å². The van der Waals surface area contributed by atoms with E-state index in [0.29, 0.717) is 13.0 Å². The normalized spacial score (nSPS) is 20.8. The van der Waals surface area contributed by atoms with Crippen LogP contribution >= 0.6 is 0 Å². The molecule has 1 aromatic rings. The molecule has 94 valence electrons. The Kier molecular flexibility index (Phi) is 3.18. The zero-order chi connectivity index (χ0) is 12.6. The zero-order valence-electron chi connectivity index (χ0n) is 9.33. The van der Waals surface area contributed by atoms with Crippen LogP contribution < -0.4 is 5.32 Å². The highest BCUT2D eigenvalue weighted by molar-refractivity contribution is 7.90. The van der Waals surface area contributed by atoms with Crippen molar-refractivity contribution in [1.82, 2.24) is 5.32 Å². The van der Waals surface area contributed by atoms with E-state index < -0.39 is 21.5 Å². The van der Waals surface area contributed by atoms with Crippen LogP contribution in [-0.4, -0.2) is 27.8 Å². The van der Waals surface area contributed by atoms with Crippen molar-refractivity contribution in [2.24, 2.45) is 0 Å². The van der Waals surface area contributed by atoms with Gasteiger partial charge in [0.05, 0.1) is 4.90 Å². The zero-order valence-corrected chi connectivity index (χ0v) is 10.2. The highest BCUT2D eigenvalue weighted by Gasteiger charge is 2.24. The second-order valence-electron chi connectivity index (χ2n) is 4.27. The van der Waals surface area contributed by atoms with Crippen molar-refractivity contribution >= 4 is 9.84 Å². The summed E-state index contributed by atoms with van der Waals surface area (Å²) in [5.41, 5.74) is 0.149. The fraction of sp³-hybridized carbons (Fsp3) is 0.455. The van der Waals surface area contributed by atoms with E-state index in [0.717, 1.165) is 18.9 Å². The maximum absolute atomic E-state index is 13.6. The first-order chi connectivity index (χ1) is 7.89. The summed E-state index contributed by atoms with van der Waals surface area (Å²) in [6, 6.07) is 1.97. The summed E-state index contributed by atoms with van der Waals surface area (Å²) in [6.07, 6.45) is 1.67. The van der Waals surface area contributed by atoms with Gasteiger partial charge in [-0.3, -0.25) is 0 Å². The molecule has 0 amide bonds. The van der Waals surface area contributed by atoms with E-state index >= 15 is 0 Å². The van der Waals surface area contributed by atoms with Crippen molar-refractivity contribution in [2.75, 3.05) is 19.3 Å². The smallest absolute Gasteiger partial charge is 0.175 e. The SMILES string of the molecule is CS(=O)(=O)c1cc(F)c(F)c(C2CCNC2)c1. The van der Waals surface area contributed by atoms with Gasteiger partial charge in [-0.25, -0.2) is 17.2 Å². The molecular formula is C11H13F2NO2S. The molecule has 1 N–H and O–H groups in total. The maximum atomic E-state index is 13.6. The van der Waals surface area contributed by atoms with Crippen LogP contribution in [0.2, 0.25) is 0 Å². The maximum Gasteiger partial charge on any atom is 0.175 e. The first-order valence-electron chi connectivity index (χ1n) is 5.29. The number of sulfone groups is 1. The van der Waals surface area contributed by atoms with Crippen LogP contribution in [-0.2, 0) is 9.84 Å². The number of hydrogen-bond donors (Lipinski definition) is 1. The predicted molar refractivity (Wildman–Crippen MR) is 59.7 cm³/mol. The molecule has 2 rings (SSSR count). The Labute approximate surface area is 98.8 Å². The molecule has 0 aliphatic carbocycles. The third-order valence-electron chi connectivity index (χ3n) is 2.96. The molecule has 1 aliphatic rings. The van der Waals surface area contributed by atoms with Gasteiger partial charge in [0.1, 0.15) is 0 Å². The van der Waals surface area contributed by atoms with Crippen molar-refractivity contribution in [3.63, 3.8) is 0 Å². The molecule has 1 unspecified atom stereocenters. The van der Waals surface area contributed by atoms with Gasteiger partial charge < -0.3 is 5.32 Å². The lowest BCUT2D eigenvalue weighted by Crippen LogP contribution is -2.11. The fourth-order valence-electron chi connectivity index (χ4n) is 2.02. The molecule has 6 heteroatoms. The summed E-state index contributed by atoms with van der Waals surface area (Å²) in [5.74, 6) is -2.20. The largest absolute Gasteiger partial charge is 0.316 e. The van der Waals surface area contributed by atoms with Crippen molar-refractivity contribution < 1.29 is 17.2 Å². The third kappa shape index (κ3) is 2.47. The molecule has 0 saturated carbocycles. The molecule has 1 atom stereocenters. The monoisotopic (exact) mass is 261 g/mol. The highest BCUT2D eigenvalue weighted by atomic mass is 32.2. The summed E-state index contributed by atoms with van der Waals surface area (Å²) >= 11 is 0. The van der Waals surface area contributed by atoms with Crippen molar-refractivity contribution in [3.8, 4) is 0 Å². The lowest BCUT2D eigenvalue weighted by atomic mass is 9.98. The van der Waals surface area contributed by atoms with Crippen LogP contribution in [0.15, 0.2) is 17.0 Å². The Morgan fingerprint density at radius 1 is 1.35 bits per heavy atom. The van der Waals surface area contributed by atoms with Gasteiger partial charge in [0.25, 0.3) is 0 Å².